The lowest BCUT2D eigenvalue weighted by atomic mass is 10.2. The van der Waals surface area contributed by atoms with Gasteiger partial charge in [-0.1, -0.05) is 0 Å². The van der Waals surface area contributed by atoms with Crippen LogP contribution in [0.5, 0.6) is 0 Å². The van der Waals surface area contributed by atoms with Gasteiger partial charge in [0.15, 0.2) is 0 Å². The summed E-state index contributed by atoms with van der Waals surface area (Å²) in [6.07, 6.45) is 0.867. The highest BCUT2D eigenvalue weighted by Gasteiger charge is 2.00. The average molecular weight is 166 g/mol. The highest BCUT2D eigenvalue weighted by atomic mass is 32.1. The SMILES string of the molecule is C[C@H](N)Cc1cc(C#N)cs1. The minimum Gasteiger partial charge on any atom is -0.328 e. The lowest BCUT2D eigenvalue weighted by Gasteiger charge is -1.99. The van der Waals surface area contributed by atoms with Crippen molar-refractivity contribution < 1.29 is 0 Å². The molecular weight excluding hydrogens is 156 g/mol. The first-order valence-electron chi connectivity index (χ1n) is 3.45. The van der Waals surface area contributed by atoms with Crippen LogP contribution in [-0.4, -0.2) is 6.04 Å². The average Bonchev–Trinajstić information content (AvgIpc) is 2.34. The summed E-state index contributed by atoms with van der Waals surface area (Å²) in [5, 5.41) is 10.4. The van der Waals surface area contributed by atoms with E-state index in [4.69, 9.17) is 11.0 Å². The lowest BCUT2D eigenvalue weighted by Crippen LogP contribution is -2.16. The number of nitrogens with zero attached hydrogens (tertiary/aromatic N) is 1. The van der Waals surface area contributed by atoms with Crippen molar-refractivity contribution in [3.63, 3.8) is 0 Å². The van der Waals surface area contributed by atoms with Crippen LogP contribution < -0.4 is 5.73 Å². The van der Waals surface area contributed by atoms with Crippen LogP contribution in [0.1, 0.15) is 17.4 Å². The summed E-state index contributed by atoms with van der Waals surface area (Å²) in [6, 6.07) is 4.17. The Morgan fingerprint density at radius 2 is 2.55 bits per heavy atom. The molecule has 1 heterocycles. The highest BCUT2D eigenvalue weighted by molar-refractivity contribution is 7.10. The van der Waals surface area contributed by atoms with E-state index in [1.807, 2.05) is 18.4 Å². The van der Waals surface area contributed by atoms with Crippen LogP contribution in [0.25, 0.3) is 0 Å². The Hall–Kier alpha value is -0.850. The maximum absolute atomic E-state index is 8.51. The molecule has 11 heavy (non-hydrogen) atoms. The maximum atomic E-state index is 8.51. The largest absolute Gasteiger partial charge is 0.328 e. The summed E-state index contributed by atoms with van der Waals surface area (Å²) in [5.74, 6) is 0. The first-order chi connectivity index (χ1) is 5.22. The van der Waals surface area contributed by atoms with Crippen molar-refractivity contribution in [2.75, 3.05) is 0 Å². The van der Waals surface area contributed by atoms with Gasteiger partial charge in [0.2, 0.25) is 0 Å². The molecule has 58 valence electrons. The quantitative estimate of drug-likeness (QED) is 0.724. The smallest absolute Gasteiger partial charge is 0.100 e. The van der Waals surface area contributed by atoms with E-state index in [0.29, 0.717) is 0 Å². The summed E-state index contributed by atoms with van der Waals surface area (Å²) in [7, 11) is 0. The van der Waals surface area contributed by atoms with Gasteiger partial charge in [-0.05, 0) is 19.4 Å². The van der Waals surface area contributed by atoms with Gasteiger partial charge in [-0.15, -0.1) is 11.3 Å². The first-order valence-corrected chi connectivity index (χ1v) is 4.33. The molecule has 3 heteroatoms. The minimum absolute atomic E-state index is 0.181. The van der Waals surface area contributed by atoms with E-state index >= 15 is 0 Å². The Morgan fingerprint density at radius 1 is 1.82 bits per heavy atom. The summed E-state index contributed by atoms with van der Waals surface area (Å²) in [6.45, 7) is 1.96. The second kappa shape index (κ2) is 3.51. The fourth-order valence-corrected chi connectivity index (χ4v) is 1.82. The van der Waals surface area contributed by atoms with Crippen LogP contribution in [0.2, 0.25) is 0 Å². The van der Waals surface area contributed by atoms with E-state index in [-0.39, 0.29) is 6.04 Å². The van der Waals surface area contributed by atoms with Crippen LogP contribution >= 0.6 is 11.3 Å². The zero-order chi connectivity index (χ0) is 8.27. The van der Waals surface area contributed by atoms with E-state index in [1.54, 1.807) is 11.3 Å². The molecule has 0 bridgehead atoms. The van der Waals surface area contributed by atoms with Gasteiger partial charge in [-0.25, -0.2) is 0 Å². The Labute approximate surface area is 70.3 Å². The molecule has 0 aliphatic heterocycles. The van der Waals surface area contributed by atoms with E-state index in [2.05, 4.69) is 6.07 Å². The van der Waals surface area contributed by atoms with Crippen LogP contribution in [0.4, 0.5) is 0 Å². The van der Waals surface area contributed by atoms with Gasteiger partial charge in [0, 0.05) is 16.3 Å². The van der Waals surface area contributed by atoms with Crippen molar-refractivity contribution in [2.24, 2.45) is 5.73 Å². The van der Waals surface area contributed by atoms with E-state index in [9.17, 15) is 0 Å². The molecule has 0 fully saturated rings. The van der Waals surface area contributed by atoms with Gasteiger partial charge < -0.3 is 5.73 Å². The van der Waals surface area contributed by atoms with Gasteiger partial charge in [-0.2, -0.15) is 5.26 Å². The molecule has 0 saturated carbocycles. The molecule has 0 spiro atoms. The number of nitriles is 1. The van der Waals surface area contributed by atoms with Crippen molar-refractivity contribution in [3.8, 4) is 6.07 Å². The molecule has 0 amide bonds. The van der Waals surface area contributed by atoms with Gasteiger partial charge >= 0.3 is 0 Å². The number of thiophene rings is 1. The van der Waals surface area contributed by atoms with E-state index in [1.165, 1.54) is 4.88 Å². The number of nitrogens with two attached hydrogens (primary N) is 1. The molecule has 1 aromatic heterocycles. The van der Waals surface area contributed by atoms with Gasteiger partial charge in [0.1, 0.15) is 6.07 Å². The Morgan fingerprint density at radius 3 is 3.00 bits per heavy atom. The molecule has 2 nitrogen and oxygen atoms in total. The van der Waals surface area contributed by atoms with Crippen molar-refractivity contribution in [2.45, 2.75) is 19.4 Å². The fraction of sp³-hybridized carbons (Fsp3) is 0.375. The molecule has 2 N–H and O–H groups in total. The molecule has 0 saturated heterocycles. The molecule has 0 aliphatic carbocycles. The maximum Gasteiger partial charge on any atom is 0.100 e. The first kappa shape index (κ1) is 8.25. The molecular formula is C8H10N2S. The van der Waals surface area contributed by atoms with Gasteiger partial charge in [0.05, 0.1) is 5.56 Å². The van der Waals surface area contributed by atoms with Crippen molar-refractivity contribution in [1.29, 1.82) is 5.26 Å². The molecule has 0 radical (unpaired) electrons. The second-order valence-corrected chi connectivity index (χ2v) is 3.59. The Bertz CT molecular complexity index is 270. The minimum atomic E-state index is 0.181. The summed E-state index contributed by atoms with van der Waals surface area (Å²) >= 11 is 1.60. The number of rotatable bonds is 2. The third-order valence-corrected chi connectivity index (χ3v) is 2.27. The standard InChI is InChI=1S/C8H10N2S/c1-6(10)2-8-3-7(4-9)5-11-8/h3,5-6H,2,10H2,1H3/t6-/m0/s1. The predicted octanol–water partition coefficient (Wildman–Crippen LogP) is 1.51. The molecule has 1 aromatic rings. The third kappa shape index (κ3) is 2.34. The second-order valence-electron chi connectivity index (χ2n) is 2.59. The van der Waals surface area contributed by atoms with Crippen LogP contribution in [0.15, 0.2) is 11.4 Å². The fourth-order valence-electron chi connectivity index (χ4n) is 0.864. The van der Waals surface area contributed by atoms with Crippen molar-refractivity contribution in [1.82, 2.24) is 0 Å². The number of hydrogen-bond acceptors (Lipinski definition) is 3. The van der Waals surface area contributed by atoms with E-state index in [0.717, 1.165) is 12.0 Å². The molecule has 1 atom stereocenters. The van der Waals surface area contributed by atoms with E-state index < -0.39 is 0 Å². The zero-order valence-electron chi connectivity index (χ0n) is 6.37. The van der Waals surface area contributed by atoms with Crippen LogP contribution in [-0.2, 0) is 6.42 Å². The zero-order valence-corrected chi connectivity index (χ0v) is 7.19. The van der Waals surface area contributed by atoms with Crippen molar-refractivity contribution in [3.05, 3.63) is 21.9 Å². The topological polar surface area (TPSA) is 49.8 Å². The van der Waals surface area contributed by atoms with Crippen LogP contribution in [0.3, 0.4) is 0 Å². The highest BCUT2D eigenvalue weighted by Crippen LogP contribution is 2.14. The third-order valence-electron chi connectivity index (χ3n) is 1.31. The molecule has 0 unspecified atom stereocenters. The molecule has 1 rings (SSSR count). The molecule has 0 aliphatic rings. The Balaban J connectivity index is 2.67. The molecule has 0 aromatic carbocycles. The summed E-state index contributed by atoms with van der Waals surface area (Å²) in [5.41, 5.74) is 6.34. The lowest BCUT2D eigenvalue weighted by molar-refractivity contribution is 0.746. The van der Waals surface area contributed by atoms with Crippen LogP contribution in [0, 0.1) is 11.3 Å². The Kier molecular flexibility index (Phi) is 2.64. The normalized spacial score (nSPS) is 12.5. The predicted molar refractivity (Wildman–Crippen MR) is 46.4 cm³/mol. The summed E-state index contributed by atoms with van der Waals surface area (Å²) in [4.78, 5) is 1.19. The monoisotopic (exact) mass is 166 g/mol. The summed E-state index contributed by atoms with van der Waals surface area (Å²) < 4.78 is 0. The van der Waals surface area contributed by atoms with Gasteiger partial charge in [-0.3, -0.25) is 0 Å². The number of hydrogen-bond donors (Lipinski definition) is 1. The van der Waals surface area contributed by atoms with Gasteiger partial charge in [0.25, 0.3) is 0 Å². The van der Waals surface area contributed by atoms with Crippen molar-refractivity contribution >= 4 is 11.3 Å².